The lowest BCUT2D eigenvalue weighted by Gasteiger charge is -2.13. The van der Waals surface area contributed by atoms with Gasteiger partial charge in [-0.2, -0.15) is 0 Å². The van der Waals surface area contributed by atoms with Gasteiger partial charge in [0.25, 0.3) is 0 Å². The molecule has 11 heavy (non-hydrogen) atoms. The minimum Gasteiger partial charge on any atom is -0.346 e. The highest BCUT2D eigenvalue weighted by atomic mass is 16.2. The van der Waals surface area contributed by atoms with Crippen LogP contribution in [-0.4, -0.2) is 24.4 Å². The van der Waals surface area contributed by atoms with Crippen molar-refractivity contribution < 1.29 is 4.79 Å². The van der Waals surface area contributed by atoms with Crippen molar-refractivity contribution in [2.45, 2.75) is 39.5 Å². The molecule has 2 nitrogen and oxygen atoms in total. The van der Waals surface area contributed by atoms with Gasteiger partial charge in [-0.15, -0.1) is 0 Å². The van der Waals surface area contributed by atoms with Crippen LogP contribution in [0.3, 0.4) is 0 Å². The number of unbranched alkanes of at least 4 members (excludes halogenated alkanes) is 3. The van der Waals surface area contributed by atoms with Crippen LogP contribution in [0.2, 0.25) is 0 Å². The second-order valence-electron chi connectivity index (χ2n) is 3.00. The summed E-state index contributed by atoms with van der Waals surface area (Å²) in [6.07, 6.45) is 4.92. The van der Waals surface area contributed by atoms with E-state index in [-0.39, 0.29) is 5.91 Å². The third-order valence-corrected chi connectivity index (χ3v) is 1.88. The van der Waals surface area contributed by atoms with Crippen LogP contribution in [0.1, 0.15) is 39.5 Å². The highest BCUT2D eigenvalue weighted by Crippen LogP contribution is 1.99. The molecule has 1 amide bonds. The maximum absolute atomic E-state index is 10.7. The molecule has 0 spiro atoms. The standard InChI is InChI=1S/C9H19NO/c1-4-5-6-7-8-10(3)9(2)11/h4-8H2,1-3H3. The van der Waals surface area contributed by atoms with Gasteiger partial charge in [0.05, 0.1) is 0 Å². The van der Waals surface area contributed by atoms with Crippen molar-refractivity contribution in [1.29, 1.82) is 0 Å². The molecule has 0 fully saturated rings. The average Bonchev–Trinajstić information content (AvgIpc) is 1.97. The lowest BCUT2D eigenvalue weighted by molar-refractivity contribution is -0.127. The predicted molar refractivity (Wildman–Crippen MR) is 47.5 cm³/mol. The Bertz CT molecular complexity index is 112. The van der Waals surface area contributed by atoms with E-state index in [1.165, 1.54) is 19.3 Å². The molecule has 0 aromatic carbocycles. The van der Waals surface area contributed by atoms with Gasteiger partial charge in [0.1, 0.15) is 0 Å². The number of hydrogen-bond donors (Lipinski definition) is 0. The first-order chi connectivity index (χ1) is 5.18. The van der Waals surface area contributed by atoms with Crippen molar-refractivity contribution in [2.75, 3.05) is 13.6 Å². The molecule has 0 aliphatic heterocycles. The molecule has 0 bridgehead atoms. The Balaban J connectivity index is 3.17. The molecule has 0 aromatic heterocycles. The minimum atomic E-state index is 0.168. The van der Waals surface area contributed by atoms with Crippen molar-refractivity contribution in [3.8, 4) is 0 Å². The van der Waals surface area contributed by atoms with Crippen LogP contribution in [0.15, 0.2) is 0 Å². The topological polar surface area (TPSA) is 20.3 Å². The van der Waals surface area contributed by atoms with Crippen molar-refractivity contribution in [3.05, 3.63) is 0 Å². The van der Waals surface area contributed by atoms with Gasteiger partial charge in [-0.25, -0.2) is 0 Å². The van der Waals surface area contributed by atoms with Crippen LogP contribution in [0.5, 0.6) is 0 Å². The predicted octanol–water partition coefficient (Wildman–Crippen LogP) is 2.04. The van der Waals surface area contributed by atoms with Crippen LogP contribution >= 0.6 is 0 Å². The monoisotopic (exact) mass is 157 g/mol. The van der Waals surface area contributed by atoms with Crippen LogP contribution < -0.4 is 0 Å². The fourth-order valence-electron chi connectivity index (χ4n) is 0.933. The van der Waals surface area contributed by atoms with Gasteiger partial charge in [-0.05, 0) is 6.42 Å². The second-order valence-corrected chi connectivity index (χ2v) is 3.00. The fourth-order valence-corrected chi connectivity index (χ4v) is 0.933. The zero-order valence-corrected chi connectivity index (χ0v) is 7.89. The quantitative estimate of drug-likeness (QED) is 0.559. The summed E-state index contributed by atoms with van der Waals surface area (Å²) < 4.78 is 0. The maximum atomic E-state index is 10.7. The van der Waals surface area contributed by atoms with Crippen LogP contribution in [0, 0.1) is 0 Å². The summed E-state index contributed by atoms with van der Waals surface area (Å²) in [5.41, 5.74) is 0. The number of carbonyl (C=O) groups is 1. The van der Waals surface area contributed by atoms with E-state index in [4.69, 9.17) is 0 Å². The van der Waals surface area contributed by atoms with Gasteiger partial charge in [-0.1, -0.05) is 26.2 Å². The summed E-state index contributed by atoms with van der Waals surface area (Å²) in [5.74, 6) is 0.168. The molecule has 0 aliphatic rings. The average molecular weight is 157 g/mol. The summed E-state index contributed by atoms with van der Waals surface area (Å²) in [4.78, 5) is 12.5. The van der Waals surface area contributed by atoms with E-state index < -0.39 is 0 Å². The summed E-state index contributed by atoms with van der Waals surface area (Å²) in [6.45, 7) is 4.71. The lowest BCUT2D eigenvalue weighted by Crippen LogP contribution is -2.24. The number of hydrogen-bond acceptors (Lipinski definition) is 1. The van der Waals surface area contributed by atoms with Gasteiger partial charge < -0.3 is 4.90 Å². The molecule has 0 saturated heterocycles. The van der Waals surface area contributed by atoms with E-state index in [9.17, 15) is 4.79 Å². The van der Waals surface area contributed by atoms with E-state index >= 15 is 0 Å². The normalized spacial score (nSPS) is 9.73. The van der Waals surface area contributed by atoms with E-state index in [2.05, 4.69) is 6.92 Å². The van der Waals surface area contributed by atoms with Gasteiger partial charge >= 0.3 is 0 Å². The molecule has 0 radical (unpaired) electrons. The Hall–Kier alpha value is -0.530. The number of rotatable bonds is 5. The highest BCUT2D eigenvalue weighted by Gasteiger charge is 1.99. The van der Waals surface area contributed by atoms with E-state index in [1.54, 1.807) is 11.8 Å². The van der Waals surface area contributed by atoms with Crippen LogP contribution in [0.25, 0.3) is 0 Å². The van der Waals surface area contributed by atoms with E-state index in [0.717, 1.165) is 13.0 Å². The van der Waals surface area contributed by atoms with Gasteiger partial charge in [0.15, 0.2) is 0 Å². The molecule has 0 atom stereocenters. The summed E-state index contributed by atoms with van der Waals surface area (Å²) in [7, 11) is 1.86. The first kappa shape index (κ1) is 10.5. The van der Waals surface area contributed by atoms with Crippen LogP contribution in [0.4, 0.5) is 0 Å². The summed E-state index contributed by atoms with van der Waals surface area (Å²) in [6, 6.07) is 0. The molecule has 0 heterocycles. The molecule has 0 N–H and O–H groups in total. The van der Waals surface area contributed by atoms with Gasteiger partial charge in [0.2, 0.25) is 5.91 Å². The lowest BCUT2D eigenvalue weighted by atomic mass is 10.2. The molecule has 2 heteroatoms. The molecular formula is C9H19NO. The molecule has 66 valence electrons. The van der Waals surface area contributed by atoms with Crippen molar-refractivity contribution in [3.63, 3.8) is 0 Å². The van der Waals surface area contributed by atoms with Crippen LogP contribution in [-0.2, 0) is 4.79 Å². The summed E-state index contributed by atoms with van der Waals surface area (Å²) in [5, 5.41) is 0. The third-order valence-electron chi connectivity index (χ3n) is 1.88. The first-order valence-electron chi connectivity index (χ1n) is 4.40. The fraction of sp³-hybridized carbons (Fsp3) is 0.889. The van der Waals surface area contributed by atoms with Gasteiger partial charge in [0, 0.05) is 20.5 Å². The molecule has 0 saturated carbocycles. The second kappa shape index (κ2) is 6.20. The Morgan fingerprint density at radius 3 is 2.36 bits per heavy atom. The Morgan fingerprint density at radius 2 is 1.91 bits per heavy atom. The van der Waals surface area contributed by atoms with Crippen molar-refractivity contribution in [1.82, 2.24) is 4.90 Å². The Kier molecular flexibility index (Phi) is 5.90. The Morgan fingerprint density at radius 1 is 1.27 bits per heavy atom. The molecule has 0 unspecified atom stereocenters. The SMILES string of the molecule is CCCCCCN(C)C(C)=O. The van der Waals surface area contributed by atoms with E-state index in [0.29, 0.717) is 0 Å². The first-order valence-corrected chi connectivity index (χ1v) is 4.40. The zero-order chi connectivity index (χ0) is 8.69. The molecule has 0 aliphatic carbocycles. The summed E-state index contributed by atoms with van der Waals surface area (Å²) >= 11 is 0. The number of carbonyl (C=O) groups excluding carboxylic acids is 1. The minimum absolute atomic E-state index is 0.168. The molecule has 0 rings (SSSR count). The highest BCUT2D eigenvalue weighted by molar-refractivity contribution is 5.72. The maximum Gasteiger partial charge on any atom is 0.219 e. The Labute approximate surface area is 69.6 Å². The zero-order valence-electron chi connectivity index (χ0n) is 7.89. The largest absolute Gasteiger partial charge is 0.346 e. The molecule has 0 aromatic rings. The smallest absolute Gasteiger partial charge is 0.219 e. The third kappa shape index (κ3) is 5.89. The number of nitrogens with zero attached hydrogens (tertiary/aromatic N) is 1. The van der Waals surface area contributed by atoms with Crippen molar-refractivity contribution in [2.24, 2.45) is 0 Å². The van der Waals surface area contributed by atoms with Crippen molar-refractivity contribution >= 4 is 5.91 Å². The number of amides is 1. The van der Waals surface area contributed by atoms with Gasteiger partial charge in [-0.3, -0.25) is 4.79 Å². The van der Waals surface area contributed by atoms with E-state index in [1.807, 2.05) is 7.05 Å². The molecular weight excluding hydrogens is 138 g/mol.